The van der Waals surface area contributed by atoms with E-state index in [0.717, 1.165) is 27.3 Å². The molecular formula is C11H14N4S3. The summed E-state index contributed by atoms with van der Waals surface area (Å²) in [6.07, 6.45) is 2.81. The van der Waals surface area contributed by atoms with Gasteiger partial charge in [0.1, 0.15) is 0 Å². The summed E-state index contributed by atoms with van der Waals surface area (Å²) in [7, 11) is 0. The number of aryl methyl sites for hydroxylation is 1. The predicted molar refractivity (Wildman–Crippen MR) is 79.6 cm³/mol. The van der Waals surface area contributed by atoms with Crippen LogP contribution in [0.4, 0.5) is 5.13 Å². The Morgan fingerprint density at radius 1 is 1.50 bits per heavy atom. The van der Waals surface area contributed by atoms with E-state index in [-0.39, 0.29) is 0 Å². The molecule has 0 amide bonds. The second-order valence-electron chi connectivity index (χ2n) is 3.42. The van der Waals surface area contributed by atoms with Crippen LogP contribution < -0.4 is 5.32 Å². The molecule has 1 N–H and O–H groups in total. The third kappa shape index (κ3) is 3.79. The maximum Gasteiger partial charge on any atom is 0.206 e. The molecule has 0 saturated carbocycles. The van der Waals surface area contributed by atoms with Crippen LogP contribution in [-0.2, 0) is 12.2 Å². The van der Waals surface area contributed by atoms with Crippen molar-refractivity contribution in [1.29, 1.82) is 0 Å². The standard InChI is InChI=1S/C11H14N4S3/c1-3-5-12-10-14-15-11(18-10)17-7-8-6-16-9(4-2)13-8/h3,6H,1,4-5,7H2,2H3,(H,12,14). The van der Waals surface area contributed by atoms with E-state index >= 15 is 0 Å². The van der Waals surface area contributed by atoms with Crippen LogP contribution in [-0.4, -0.2) is 21.7 Å². The summed E-state index contributed by atoms with van der Waals surface area (Å²) in [6, 6.07) is 0. The second kappa shape index (κ2) is 6.86. The third-order valence-electron chi connectivity index (χ3n) is 2.05. The smallest absolute Gasteiger partial charge is 0.206 e. The van der Waals surface area contributed by atoms with Gasteiger partial charge in [-0.1, -0.05) is 36.1 Å². The molecule has 0 unspecified atom stereocenters. The maximum atomic E-state index is 4.53. The van der Waals surface area contributed by atoms with E-state index in [1.807, 2.05) is 0 Å². The molecule has 0 aromatic carbocycles. The molecule has 7 heteroatoms. The molecule has 2 aromatic rings. The lowest BCUT2D eigenvalue weighted by Gasteiger charge is -1.93. The van der Waals surface area contributed by atoms with Gasteiger partial charge >= 0.3 is 0 Å². The largest absolute Gasteiger partial charge is 0.357 e. The number of hydrogen-bond acceptors (Lipinski definition) is 7. The third-order valence-corrected chi connectivity index (χ3v) is 5.14. The van der Waals surface area contributed by atoms with E-state index in [2.05, 4.69) is 39.4 Å². The molecule has 2 aromatic heterocycles. The van der Waals surface area contributed by atoms with Gasteiger partial charge in [-0.3, -0.25) is 0 Å². The van der Waals surface area contributed by atoms with Gasteiger partial charge in [0.2, 0.25) is 5.13 Å². The molecule has 0 bridgehead atoms. The SMILES string of the molecule is C=CCNc1nnc(SCc2csc(CC)n2)s1. The summed E-state index contributed by atoms with van der Waals surface area (Å²) in [4.78, 5) is 4.53. The number of thioether (sulfide) groups is 1. The molecule has 0 atom stereocenters. The minimum absolute atomic E-state index is 0.714. The molecule has 18 heavy (non-hydrogen) atoms. The Labute approximate surface area is 119 Å². The van der Waals surface area contributed by atoms with E-state index in [1.54, 1.807) is 40.5 Å². The highest BCUT2D eigenvalue weighted by molar-refractivity contribution is 8.00. The van der Waals surface area contributed by atoms with Crippen molar-refractivity contribution in [3.63, 3.8) is 0 Å². The lowest BCUT2D eigenvalue weighted by atomic mass is 10.5. The van der Waals surface area contributed by atoms with Gasteiger partial charge < -0.3 is 5.32 Å². The predicted octanol–water partition coefficient (Wildman–Crippen LogP) is 3.45. The Morgan fingerprint density at radius 2 is 2.39 bits per heavy atom. The zero-order chi connectivity index (χ0) is 12.8. The number of rotatable bonds is 7. The Balaban J connectivity index is 1.85. The average molecular weight is 298 g/mol. The first kappa shape index (κ1) is 13.5. The Morgan fingerprint density at radius 3 is 3.11 bits per heavy atom. The number of thiazole rings is 1. The summed E-state index contributed by atoms with van der Waals surface area (Å²) in [6.45, 7) is 6.49. The van der Waals surface area contributed by atoms with Crippen LogP contribution in [0.5, 0.6) is 0 Å². The molecule has 4 nitrogen and oxygen atoms in total. The Bertz CT molecular complexity index is 506. The van der Waals surface area contributed by atoms with Gasteiger partial charge in [-0.15, -0.1) is 28.1 Å². The number of hydrogen-bond donors (Lipinski definition) is 1. The van der Waals surface area contributed by atoms with E-state index < -0.39 is 0 Å². The van der Waals surface area contributed by atoms with Crippen molar-refractivity contribution in [1.82, 2.24) is 15.2 Å². The first-order chi connectivity index (χ1) is 8.81. The van der Waals surface area contributed by atoms with Crippen molar-refractivity contribution in [2.75, 3.05) is 11.9 Å². The van der Waals surface area contributed by atoms with E-state index in [0.29, 0.717) is 6.54 Å². The van der Waals surface area contributed by atoms with E-state index in [4.69, 9.17) is 0 Å². The molecular weight excluding hydrogens is 284 g/mol. The fourth-order valence-corrected chi connectivity index (χ4v) is 3.71. The summed E-state index contributed by atoms with van der Waals surface area (Å²) in [5.74, 6) is 0.854. The number of anilines is 1. The molecule has 0 spiro atoms. The van der Waals surface area contributed by atoms with Crippen LogP contribution in [0.3, 0.4) is 0 Å². The van der Waals surface area contributed by atoms with Crippen molar-refractivity contribution in [2.45, 2.75) is 23.4 Å². The van der Waals surface area contributed by atoms with Gasteiger partial charge in [0.15, 0.2) is 4.34 Å². The Kier molecular flexibility index (Phi) is 5.15. The monoisotopic (exact) mass is 298 g/mol. The van der Waals surface area contributed by atoms with E-state index in [9.17, 15) is 0 Å². The highest BCUT2D eigenvalue weighted by Gasteiger charge is 2.06. The summed E-state index contributed by atoms with van der Waals surface area (Å²) >= 11 is 4.96. The quantitative estimate of drug-likeness (QED) is 0.627. The minimum atomic E-state index is 0.714. The minimum Gasteiger partial charge on any atom is -0.357 e. The molecule has 0 saturated heterocycles. The molecule has 0 aliphatic rings. The van der Waals surface area contributed by atoms with Crippen LogP contribution in [0, 0.1) is 0 Å². The van der Waals surface area contributed by atoms with E-state index in [1.165, 1.54) is 5.01 Å². The molecule has 0 radical (unpaired) electrons. The van der Waals surface area contributed by atoms with Gasteiger partial charge in [-0.25, -0.2) is 4.98 Å². The van der Waals surface area contributed by atoms with Gasteiger partial charge in [0, 0.05) is 17.7 Å². The molecule has 96 valence electrons. The van der Waals surface area contributed by atoms with Crippen LogP contribution in [0.25, 0.3) is 0 Å². The fraction of sp³-hybridized carbons (Fsp3) is 0.364. The lowest BCUT2D eigenvalue weighted by molar-refractivity contribution is 1.00. The first-order valence-electron chi connectivity index (χ1n) is 5.56. The average Bonchev–Trinajstić information content (AvgIpc) is 3.03. The highest BCUT2D eigenvalue weighted by Crippen LogP contribution is 2.28. The van der Waals surface area contributed by atoms with Crippen LogP contribution in [0.15, 0.2) is 22.4 Å². The molecule has 2 rings (SSSR count). The number of nitrogens with zero attached hydrogens (tertiary/aromatic N) is 3. The molecule has 0 aliphatic carbocycles. The first-order valence-corrected chi connectivity index (χ1v) is 8.24. The normalized spacial score (nSPS) is 10.5. The summed E-state index contributed by atoms with van der Waals surface area (Å²) in [5, 5.41) is 15.4. The zero-order valence-corrected chi connectivity index (χ0v) is 12.5. The van der Waals surface area contributed by atoms with Gasteiger partial charge in [0.05, 0.1) is 10.7 Å². The van der Waals surface area contributed by atoms with Gasteiger partial charge in [-0.05, 0) is 6.42 Å². The van der Waals surface area contributed by atoms with Crippen molar-refractivity contribution < 1.29 is 0 Å². The Hall–Kier alpha value is -0.920. The highest BCUT2D eigenvalue weighted by atomic mass is 32.2. The summed E-state index contributed by atoms with van der Waals surface area (Å²) < 4.78 is 0.965. The lowest BCUT2D eigenvalue weighted by Crippen LogP contribution is -1.96. The van der Waals surface area contributed by atoms with Gasteiger partial charge in [-0.2, -0.15) is 0 Å². The van der Waals surface area contributed by atoms with Crippen molar-refractivity contribution in [3.05, 3.63) is 28.7 Å². The second-order valence-corrected chi connectivity index (χ2v) is 6.56. The van der Waals surface area contributed by atoms with Crippen molar-refractivity contribution in [2.24, 2.45) is 0 Å². The summed E-state index contributed by atoms with van der Waals surface area (Å²) in [5.41, 5.74) is 1.12. The van der Waals surface area contributed by atoms with Crippen molar-refractivity contribution in [3.8, 4) is 0 Å². The molecule has 0 fully saturated rings. The molecule has 0 aliphatic heterocycles. The van der Waals surface area contributed by atoms with Crippen molar-refractivity contribution >= 4 is 39.6 Å². The van der Waals surface area contributed by atoms with Crippen LogP contribution in [0.1, 0.15) is 17.6 Å². The number of aromatic nitrogens is 3. The topological polar surface area (TPSA) is 50.7 Å². The van der Waals surface area contributed by atoms with Gasteiger partial charge in [0.25, 0.3) is 0 Å². The fourth-order valence-electron chi connectivity index (χ4n) is 1.21. The maximum absolute atomic E-state index is 4.53. The zero-order valence-electron chi connectivity index (χ0n) is 10.0. The molecule has 2 heterocycles. The number of nitrogens with one attached hydrogen (secondary N) is 1. The van der Waals surface area contributed by atoms with Crippen LogP contribution in [0.2, 0.25) is 0 Å². The van der Waals surface area contributed by atoms with Crippen LogP contribution >= 0.6 is 34.4 Å².